The maximum atomic E-state index is 13.0. The Morgan fingerprint density at radius 1 is 1.37 bits per heavy atom. The van der Waals surface area contributed by atoms with E-state index >= 15 is 0 Å². The number of piperidine rings is 1. The van der Waals surface area contributed by atoms with Crippen molar-refractivity contribution >= 4 is 23.4 Å². The number of nitrogens with one attached hydrogen (secondary N) is 1. The van der Waals surface area contributed by atoms with Gasteiger partial charge in [-0.2, -0.15) is 0 Å². The van der Waals surface area contributed by atoms with Gasteiger partial charge in [-0.05, 0) is 37.0 Å². The molecule has 0 aromatic heterocycles. The summed E-state index contributed by atoms with van der Waals surface area (Å²) >= 11 is 6.06. The van der Waals surface area contributed by atoms with Crippen molar-refractivity contribution in [2.75, 3.05) is 20.3 Å². The highest BCUT2D eigenvalue weighted by molar-refractivity contribution is 6.30. The van der Waals surface area contributed by atoms with Gasteiger partial charge in [0.1, 0.15) is 11.8 Å². The third-order valence-corrected chi connectivity index (χ3v) is 5.89. The second kappa shape index (κ2) is 7.30. The van der Waals surface area contributed by atoms with Gasteiger partial charge in [0.25, 0.3) is 0 Å². The number of carbonyl (C=O) groups excluding carboxylic acids is 2. The number of aliphatic hydroxyl groups excluding tert-OH is 1. The van der Waals surface area contributed by atoms with Crippen molar-refractivity contribution in [1.82, 2.24) is 10.2 Å². The van der Waals surface area contributed by atoms with Gasteiger partial charge in [0.2, 0.25) is 11.8 Å². The fourth-order valence-corrected chi connectivity index (χ4v) is 4.34. The number of nitrogens with zero attached hydrogens (tertiary/aromatic N) is 1. The monoisotopic (exact) mass is 394 g/mol. The second-order valence-electron chi connectivity index (χ2n) is 7.47. The number of hydrogen-bond donors (Lipinski definition) is 2. The Morgan fingerprint density at radius 3 is 2.89 bits per heavy atom. The molecule has 5 atom stereocenters. The fourth-order valence-electron chi connectivity index (χ4n) is 4.15. The Balaban J connectivity index is 1.47. The lowest BCUT2D eigenvalue weighted by Gasteiger charge is -2.28. The van der Waals surface area contributed by atoms with Crippen molar-refractivity contribution in [2.24, 2.45) is 5.92 Å². The molecular formula is C19H23ClN2O5. The quantitative estimate of drug-likeness (QED) is 0.769. The number of aliphatic hydroxyl groups is 1. The smallest absolute Gasteiger partial charge is 0.243 e. The SMILES string of the molecule is COc1ccc(Cl)cc1CC(=O)N1[C@H](C(=O)N[C@@H]2COC[C@H]2O)C[C@H]2C[C@@H]21. The van der Waals surface area contributed by atoms with E-state index in [-0.39, 0.29) is 30.9 Å². The van der Waals surface area contributed by atoms with Crippen molar-refractivity contribution in [3.8, 4) is 5.75 Å². The van der Waals surface area contributed by atoms with Gasteiger partial charge in [-0.15, -0.1) is 0 Å². The molecule has 2 amide bonds. The Bertz CT molecular complexity index is 758. The molecule has 8 heteroatoms. The van der Waals surface area contributed by atoms with Crippen LogP contribution in [0.2, 0.25) is 5.02 Å². The van der Waals surface area contributed by atoms with E-state index in [0.717, 1.165) is 6.42 Å². The fraction of sp³-hybridized carbons (Fsp3) is 0.579. The average Bonchev–Trinajstić information content (AvgIpc) is 3.11. The Labute approximate surface area is 162 Å². The number of methoxy groups -OCH3 is 1. The predicted octanol–water partition coefficient (Wildman–Crippen LogP) is 0.756. The van der Waals surface area contributed by atoms with E-state index < -0.39 is 18.2 Å². The lowest BCUT2D eigenvalue weighted by Crippen LogP contribution is -2.53. The first-order chi connectivity index (χ1) is 13.0. The summed E-state index contributed by atoms with van der Waals surface area (Å²) in [6.07, 6.45) is 1.03. The molecular weight excluding hydrogens is 372 g/mol. The number of hydrogen-bond acceptors (Lipinski definition) is 5. The summed E-state index contributed by atoms with van der Waals surface area (Å²) in [5.41, 5.74) is 0.706. The summed E-state index contributed by atoms with van der Waals surface area (Å²) in [4.78, 5) is 27.5. The minimum Gasteiger partial charge on any atom is -0.496 e. The molecule has 1 aromatic rings. The molecule has 3 aliphatic rings. The zero-order valence-corrected chi connectivity index (χ0v) is 15.8. The van der Waals surface area contributed by atoms with Crippen LogP contribution in [-0.2, 0) is 20.7 Å². The van der Waals surface area contributed by atoms with Crippen LogP contribution < -0.4 is 10.1 Å². The van der Waals surface area contributed by atoms with E-state index in [1.54, 1.807) is 30.2 Å². The minimum atomic E-state index is -0.704. The first-order valence-corrected chi connectivity index (χ1v) is 9.55. The molecule has 0 unspecified atom stereocenters. The van der Waals surface area contributed by atoms with E-state index in [0.29, 0.717) is 35.3 Å². The molecule has 4 rings (SSSR count). The van der Waals surface area contributed by atoms with Crippen LogP contribution in [0, 0.1) is 5.92 Å². The van der Waals surface area contributed by atoms with Crippen molar-refractivity contribution in [2.45, 2.75) is 43.5 Å². The molecule has 7 nitrogen and oxygen atoms in total. The molecule has 2 saturated heterocycles. The van der Waals surface area contributed by atoms with Gasteiger partial charge < -0.3 is 24.8 Å². The number of halogens is 1. The van der Waals surface area contributed by atoms with Crippen LogP contribution in [0.1, 0.15) is 18.4 Å². The van der Waals surface area contributed by atoms with Crippen molar-refractivity contribution in [3.63, 3.8) is 0 Å². The standard InChI is InChI=1S/C19H23ClN2O5/c1-26-17-3-2-12(20)4-11(17)7-18(24)22-14-5-10(14)6-15(22)19(25)21-13-8-27-9-16(13)23/h2-4,10,13-16,23H,5-9H2,1H3,(H,21,25)/t10-,13-,14+,15+,16-/m1/s1. The number of amides is 2. The molecule has 0 radical (unpaired) electrons. The van der Waals surface area contributed by atoms with Gasteiger partial charge in [-0.1, -0.05) is 11.6 Å². The number of likely N-dealkylation sites (tertiary alicyclic amines) is 1. The normalized spacial score (nSPS) is 31.5. The summed E-state index contributed by atoms with van der Waals surface area (Å²) in [7, 11) is 1.55. The summed E-state index contributed by atoms with van der Waals surface area (Å²) in [6, 6.07) is 4.38. The molecule has 2 heterocycles. The third-order valence-electron chi connectivity index (χ3n) is 5.66. The zero-order chi connectivity index (χ0) is 19.1. The zero-order valence-electron chi connectivity index (χ0n) is 15.1. The van der Waals surface area contributed by atoms with E-state index in [2.05, 4.69) is 5.32 Å². The molecule has 1 saturated carbocycles. The molecule has 1 aromatic carbocycles. The molecule has 27 heavy (non-hydrogen) atoms. The lowest BCUT2D eigenvalue weighted by atomic mass is 10.1. The van der Waals surface area contributed by atoms with Gasteiger partial charge in [-0.3, -0.25) is 9.59 Å². The number of fused-ring (bicyclic) bond motifs is 1. The van der Waals surface area contributed by atoms with Crippen LogP contribution in [0.25, 0.3) is 0 Å². The van der Waals surface area contributed by atoms with Crippen molar-refractivity contribution in [3.05, 3.63) is 28.8 Å². The third kappa shape index (κ3) is 3.63. The topological polar surface area (TPSA) is 88.1 Å². The highest BCUT2D eigenvalue weighted by atomic mass is 35.5. The second-order valence-corrected chi connectivity index (χ2v) is 7.90. The van der Waals surface area contributed by atoms with Gasteiger partial charge in [0.15, 0.2) is 0 Å². The van der Waals surface area contributed by atoms with E-state index in [4.69, 9.17) is 21.1 Å². The van der Waals surface area contributed by atoms with Gasteiger partial charge in [-0.25, -0.2) is 0 Å². The predicted molar refractivity (Wildman–Crippen MR) is 97.6 cm³/mol. The summed E-state index contributed by atoms with van der Waals surface area (Å²) < 4.78 is 10.5. The molecule has 0 spiro atoms. The average molecular weight is 395 g/mol. The number of rotatable bonds is 5. The van der Waals surface area contributed by atoms with Crippen molar-refractivity contribution in [1.29, 1.82) is 0 Å². The highest BCUT2D eigenvalue weighted by Crippen LogP contribution is 2.48. The largest absolute Gasteiger partial charge is 0.496 e. The van der Waals surface area contributed by atoms with Crippen LogP contribution in [-0.4, -0.2) is 66.4 Å². The maximum Gasteiger partial charge on any atom is 0.243 e. The van der Waals surface area contributed by atoms with Crippen LogP contribution in [0.3, 0.4) is 0 Å². The Hall–Kier alpha value is -1.83. The minimum absolute atomic E-state index is 0.107. The first kappa shape index (κ1) is 18.5. The van der Waals surface area contributed by atoms with E-state index in [9.17, 15) is 14.7 Å². The molecule has 2 aliphatic heterocycles. The number of benzene rings is 1. The molecule has 2 N–H and O–H groups in total. The number of ether oxygens (including phenoxy) is 2. The molecule has 1 aliphatic carbocycles. The Morgan fingerprint density at radius 2 is 2.19 bits per heavy atom. The van der Waals surface area contributed by atoms with Crippen LogP contribution in [0.15, 0.2) is 18.2 Å². The number of carbonyl (C=O) groups is 2. The lowest BCUT2D eigenvalue weighted by molar-refractivity contribution is -0.139. The Kier molecular flexibility index (Phi) is 5.01. The van der Waals surface area contributed by atoms with E-state index in [1.165, 1.54) is 0 Å². The van der Waals surface area contributed by atoms with Crippen LogP contribution in [0.5, 0.6) is 5.75 Å². The molecule has 3 fully saturated rings. The molecule has 0 bridgehead atoms. The van der Waals surface area contributed by atoms with Crippen LogP contribution >= 0.6 is 11.6 Å². The van der Waals surface area contributed by atoms with Crippen molar-refractivity contribution < 1.29 is 24.2 Å². The highest BCUT2D eigenvalue weighted by Gasteiger charge is 2.56. The van der Waals surface area contributed by atoms with Gasteiger partial charge in [0, 0.05) is 16.6 Å². The maximum absolute atomic E-state index is 13.0. The summed E-state index contributed by atoms with van der Waals surface area (Å²) in [5, 5.41) is 13.2. The van der Waals surface area contributed by atoms with Gasteiger partial charge in [0.05, 0.1) is 38.9 Å². The van der Waals surface area contributed by atoms with Gasteiger partial charge >= 0.3 is 0 Å². The summed E-state index contributed by atoms with van der Waals surface area (Å²) in [5.74, 6) is 0.661. The van der Waals surface area contributed by atoms with Crippen LogP contribution in [0.4, 0.5) is 0 Å². The first-order valence-electron chi connectivity index (χ1n) is 9.17. The van der Waals surface area contributed by atoms with E-state index in [1.807, 2.05) is 0 Å². The molecule has 146 valence electrons. The summed E-state index contributed by atoms with van der Waals surface area (Å²) in [6.45, 7) is 0.512.